The number of hydrogen-bond acceptors (Lipinski definition) is 12. The average Bonchev–Trinajstić information content (AvgIpc) is 3.69. The molecule has 0 spiro atoms. The minimum Gasteiger partial charge on any atom is -0.379 e. The van der Waals surface area contributed by atoms with Crippen LogP contribution in [-0.2, 0) is 43.4 Å². The molecule has 0 radical (unpaired) electrons. The summed E-state index contributed by atoms with van der Waals surface area (Å²) in [6.45, 7) is 9.97. The van der Waals surface area contributed by atoms with Crippen molar-refractivity contribution in [2.45, 2.75) is 52.9 Å². The number of carbonyl (C=O) groups excluding carboxylic acids is 3. The van der Waals surface area contributed by atoms with Crippen LogP contribution in [0.25, 0.3) is 11.5 Å². The lowest BCUT2D eigenvalue weighted by atomic mass is 10.1. The van der Waals surface area contributed by atoms with E-state index in [-0.39, 0.29) is 37.4 Å². The predicted molar refractivity (Wildman–Crippen MR) is 178 cm³/mol. The quantitative estimate of drug-likeness (QED) is 0.136. The van der Waals surface area contributed by atoms with Crippen molar-refractivity contribution in [3.05, 3.63) is 47.4 Å². The van der Waals surface area contributed by atoms with Gasteiger partial charge in [0.05, 0.1) is 64.0 Å². The van der Waals surface area contributed by atoms with E-state index in [1.807, 2.05) is 41.6 Å². The molecule has 1 aliphatic rings. The van der Waals surface area contributed by atoms with E-state index in [0.29, 0.717) is 93.6 Å². The van der Waals surface area contributed by atoms with Crippen LogP contribution in [0.3, 0.4) is 0 Å². The van der Waals surface area contributed by atoms with E-state index >= 15 is 0 Å². The van der Waals surface area contributed by atoms with Crippen molar-refractivity contribution >= 4 is 29.4 Å². The van der Waals surface area contributed by atoms with Crippen molar-refractivity contribution in [1.29, 1.82) is 0 Å². The topological polar surface area (TPSA) is 192 Å². The molecule has 0 aromatic carbocycles. The third kappa shape index (κ3) is 10.00. The monoisotopic (exact) mass is 666 g/mol. The number of pyridine rings is 2. The molecule has 0 atom stereocenters. The fraction of sp³-hybridized carbons (Fsp3) is 0.531. The van der Waals surface area contributed by atoms with Gasteiger partial charge in [0.2, 0.25) is 11.8 Å². The summed E-state index contributed by atoms with van der Waals surface area (Å²) in [5.74, 6) is 1.07. The number of primary amides is 1. The van der Waals surface area contributed by atoms with Crippen LogP contribution in [0.15, 0.2) is 30.6 Å². The van der Waals surface area contributed by atoms with Crippen molar-refractivity contribution in [3.8, 4) is 11.5 Å². The fourth-order valence-electron chi connectivity index (χ4n) is 4.85. The van der Waals surface area contributed by atoms with Gasteiger partial charge in [0, 0.05) is 44.7 Å². The number of carbonyl (C=O) groups is 3. The fourth-order valence-corrected chi connectivity index (χ4v) is 4.85. The van der Waals surface area contributed by atoms with Gasteiger partial charge < -0.3 is 40.0 Å². The maximum absolute atomic E-state index is 13.8. The SMILES string of the molecule is CCn1cnnc1-c1cccc(N2Cc3c(cc(N(C)C(C)C)nc3CNCC(=O)NCCOCCOCCOCCC(N)=O)C2=O)n1. The number of amides is 3. The van der Waals surface area contributed by atoms with Gasteiger partial charge in [-0.25, -0.2) is 9.97 Å². The molecule has 16 heteroatoms. The zero-order valence-corrected chi connectivity index (χ0v) is 28.1. The Morgan fingerprint density at radius 3 is 2.50 bits per heavy atom. The second-order valence-electron chi connectivity index (χ2n) is 11.4. The van der Waals surface area contributed by atoms with Crippen LogP contribution in [0.5, 0.6) is 0 Å². The Labute approximate surface area is 280 Å². The Morgan fingerprint density at radius 2 is 1.79 bits per heavy atom. The number of anilines is 2. The lowest BCUT2D eigenvalue weighted by Crippen LogP contribution is -2.36. The molecular formula is C32H46N10O6. The normalized spacial score (nSPS) is 12.5. The van der Waals surface area contributed by atoms with Gasteiger partial charge >= 0.3 is 0 Å². The number of rotatable bonds is 21. The number of nitrogens with zero attached hydrogens (tertiary/aromatic N) is 7. The van der Waals surface area contributed by atoms with Gasteiger partial charge in [-0.05, 0) is 39.0 Å². The lowest BCUT2D eigenvalue weighted by molar-refractivity contribution is -0.121. The van der Waals surface area contributed by atoms with Gasteiger partial charge in [-0.15, -0.1) is 10.2 Å². The molecule has 4 N–H and O–H groups in total. The molecule has 3 aromatic rings. The van der Waals surface area contributed by atoms with Crippen LogP contribution >= 0.6 is 0 Å². The summed E-state index contributed by atoms with van der Waals surface area (Å²) in [4.78, 5) is 50.2. The molecule has 16 nitrogen and oxygen atoms in total. The average molecular weight is 667 g/mol. The van der Waals surface area contributed by atoms with Crippen molar-refractivity contribution in [1.82, 2.24) is 35.4 Å². The van der Waals surface area contributed by atoms with Crippen LogP contribution in [-0.4, -0.2) is 108 Å². The largest absolute Gasteiger partial charge is 0.379 e. The Morgan fingerprint density at radius 1 is 1.06 bits per heavy atom. The number of aromatic nitrogens is 5. The number of hydrogen-bond donors (Lipinski definition) is 3. The van der Waals surface area contributed by atoms with Crippen LogP contribution in [0, 0.1) is 0 Å². The first kappa shape index (κ1) is 36.3. The molecule has 0 unspecified atom stereocenters. The van der Waals surface area contributed by atoms with Gasteiger partial charge in [-0.2, -0.15) is 0 Å². The van der Waals surface area contributed by atoms with E-state index in [4.69, 9.17) is 29.9 Å². The van der Waals surface area contributed by atoms with E-state index in [1.54, 1.807) is 17.3 Å². The van der Waals surface area contributed by atoms with Crippen molar-refractivity contribution in [3.63, 3.8) is 0 Å². The van der Waals surface area contributed by atoms with Crippen molar-refractivity contribution in [2.75, 3.05) is 69.6 Å². The first-order valence-corrected chi connectivity index (χ1v) is 16.1. The van der Waals surface area contributed by atoms with Gasteiger partial charge in [0.15, 0.2) is 5.82 Å². The summed E-state index contributed by atoms with van der Waals surface area (Å²) in [6, 6.07) is 7.50. The summed E-state index contributed by atoms with van der Waals surface area (Å²) in [5.41, 5.74) is 7.73. The van der Waals surface area contributed by atoms with E-state index in [2.05, 4.69) is 34.7 Å². The predicted octanol–water partition coefficient (Wildman–Crippen LogP) is 0.891. The second-order valence-corrected chi connectivity index (χ2v) is 11.4. The van der Waals surface area contributed by atoms with Crippen LogP contribution in [0.1, 0.15) is 48.8 Å². The van der Waals surface area contributed by atoms with Gasteiger partial charge in [0.25, 0.3) is 5.91 Å². The lowest BCUT2D eigenvalue weighted by Gasteiger charge is -2.24. The Bertz CT molecular complexity index is 1530. The molecule has 3 aromatic heterocycles. The third-order valence-electron chi connectivity index (χ3n) is 7.70. The zero-order valence-electron chi connectivity index (χ0n) is 28.1. The summed E-state index contributed by atoms with van der Waals surface area (Å²) in [5, 5.41) is 14.2. The summed E-state index contributed by atoms with van der Waals surface area (Å²) >= 11 is 0. The van der Waals surface area contributed by atoms with Crippen molar-refractivity contribution in [2.24, 2.45) is 5.73 Å². The standard InChI is InChI=1S/C32H46N10O6/c1-5-41-21-36-39-31(41)25-7-6-8-28(37-25)42-20-24-23(32(42)45)17-29(40(4)22(2)3)38-26(24)18-34-19-30(44)35-10-12-47-14-16-48-15-13-46-11-9-27(33)43/h6-8,17,21-22,34H,5,9-16,18-20H2,1-4H3,(H2,33,43)(H,35,44). The Balaban J connectivity index is 1.28. The van der Waals surface area contributed by atoms with E-state index < -0.39 is 5.91 Å². The molecule has 1 aliphatic heterocycles. The number of ether oxygens (including phenoxy) is 3. The van der Waals surface area contributed by atoms with Crippen LogP contribution in [0.4, 0.5) is 11.6 Å². The molecule has 4 heterocycles. The minimum atomic E-state index is -0.399. The molecular weight excluding hydrogens is 620 g/mol. The molecule has 0 saturated carbocycles. The number of fused-ring (bicyclic) bond motifs is 1. The number of nitrogens with two attached hydrogens (primary N) is 1. The highest BCUT2D eigenvalue weighted by atomic mass is 16.5. The van der Waals surface area contributed by atoms with Gasteiger partial charge in [0.1, 0.15) is 23.7 Å². The van der Waals surface area contributed by atoms with E-state index in [9.17, 15) is 14.4 Å². The maximum atomic E-state index is 13.8. The first-order chi connectivity index (χ1) is 23.2. The third-order valence-corrected chi connectivity index (χ3v) is 7.70. The summed E-state index contributed by atoms with van der Waals surface area (Å²) in [6.07, 6.45) is 1.84. The molecule has 0 saturated heterocycles. The minimum absolute atomic E-state index is 0.0684. The number of nitrogens with one attached hydrogen (secondary N) is 2. The van der Waals surface area contributed by atoms with E-state index in [0.717, 1.165) is 5.56 Å². The summed E-state index contributed by atoms with van der Waals surface area (Å²) < 4.78 is 18.0. The highest BCUT2D eigenvalue weighted by Gasteiger charge is 2.33. The highest BCUT2D eigenvalue weighted by molar-refractivity contribution is 6.10. The molecule has 0 bridgehead atoms. The summed E-state index contributed by atoms with van der Waals surface area (Å²) in [7, 11) is 1.94. The highest BCUT2D eigenvalue weighted by Crippen LogP contribution is 2.32. The Kier molecular flexibility index (Phi) is 13.7. The molecule has 260 valence electrons. The van der Waals surface area contributed by atoms with Crippen molar-refractivity contribution < 1.29 is 28.6 Å². The second kappa shape index (κ2) is 18.1. The molecule has 0 aliphatic carbocycles. The first-order valence-electron chi connectivity index (χ1n) is 16.1. The van der Waals surface area contributed by atoms with Gasteiger partial charge in [-0.3, -0.25) is 19.3 Å². The Hall–Kier alpha value is -4.51. The molecule has 4 rings (SSSR count). The van der Waals surface area contributed by atoms with Gasteiger partial charge in [-0.1, -0.05) is 6.07 Å². The van der Waals surface area contributed by atoms with E-state index in [1.165, 1.54) is 0 Å². The zero-order chi connectivity index (χ0) is 34.5. The number of aryl methyl sites for hydroxylation is 1. The molecule has 3 amide bonds. The van der Waals surface area contributed by atoms with Crippen LogP contribution in [0.2, 0.25) is 0 Å². The maximum Gasteiger partial charge on any atom is 0.260 e. The van der Waals surface area contributed by atoms with Crippen LogP contribution < -0.4 is 26.2 Å². The smallest absolute Gasteiger partial charge is 0.260 e. The molecule has 0 fully saturated rings. The molecule has 48 heavy (non-hydrogen) atoms.